The smallest absolute Gasteiger partial charge is 0.385 e. The number of hydrogen-bond acceptors (Lipinski definition) is 5. The normalized spacial score (nSPS) is 11.9. The van der Waals surface area contributed by atoms with Crippen molar-refractivity contribution in [3.8, 4) is 28.1 Å². The molecule has 0 saturated carbocycles. The maximum atomic E-state index is 14.0. The van der Waals surface area contributed by atoms with Gasteiger partial charge in [-0.2, -0.15) is 27.1 Å². The van der Waals surface area contributed by atoms with Gasteiger partial charge in [-0.3, -0.25) is 4.79 Å². The van der Waals surface area contributed by atoms with E-state index in [1.807, 2.05) is 6.92 Å². The largest absolute Gasteiger partial charge is 0.433 e. The predicted molar refractivity (Wildman–Crippen MR) is 134 cm³/mol. The van der Waals surface area contributed by atoms with Gasteiger partial charge in [0.2, 0.25) is 0 Å². The molecule has 1 amide bonds. The Balaban J connectivity index is 1.70. The molecule has 0 saturated heterocycles. The number of pyridine rings is 1. The average Bonchev–Trinajstić information content (AvgIpc) is 3.57. The number of hydrogen-bond donors (Lipinski definition) is 2. The Morgan fingerprint density at radius 1 is 1.10 bits per heavy atom. The van der Waals surface area contributed by atoms with Gasteiger partial charge < -0.3 is 15.6 Å². The van der Waals surface area contributed by atoms with Crippen LogP contribution in [-0.2, 0) is 6.18 Å². The van der Waals surface area contributed by atoms with Crippen molar-refractivity contribution in [3.63, 3.8) is 0 Å². The maximum Gasteiger partial charge on any atom is 0.433 e. The number of rotatable bonds is 7. The first kappa shape index (κ1) is 25.8. The zero-order valence-electron chi connectivity index (χ0n) is 20.2. The number of carbonyl (C=O) groups is 1. The molecule has 3 aromatic heterocycles. The second kappa shape index (κ2) is 9.82. The highest BCUT2D eigenvalue weighted by molar-refractivity contribution is 6.02. The quantitative estimate of drug-likeness (QED) is 0.250. The Hall–Kier alpha value is -4.81. The molecule has 200 valence electrons. The lowest BCUT2D eigenvalue weighted by atomic mass is 9.97. The summed E-state index contributed by atoms with van der Waals surface area (Å²) in [5.41, 5.74) is 6.53. The van der Waals surface area contributed by atoms with Gasteiger partial charge in [0.25, 0.3) is 5.91 Å². The van der Waals surface area contributed by atoms with Gasteiger partial charge in [-0.25, -0.2) is 14.6 Å². The lowest BCUT2D eigenvalue weighted by molar-refractivity contribution is -0.140. The monoisotopic (exact) mass is 541 g/mol. The lowest BCUT2D eigenvalue weighted by Gasteiger charge is -2.16. The van der Waals surface area contributed by atoms with Crippen LogP contribution in [-0.4, -0.2) is 36.8 Å². The molecule has 0 unspecified atom stereocenters. The number of carbonyl (C=O) groups excluding carboxylic acids is 1. The summed E-state index contributed by atoms with van der Waals surface area (Å²) >= 11 is 0. The summed E-state index contributed by atoms with van der Waals surface area (Å²) in [6.07, 6.45) is 0.441. The molecular formula is C26H20F5N7O. The Labute approximate surface area is 217 Å². The molecular weight excluding hydrogens is 521 g/mol. The number of fused-ring (bicyclic) bond motifs is 1. The minimum atomic E-state index is -4.75. The standard InChI is InChI=1S/C26H20F5N7O/c1-2-33-19-8-14(6-7-17(19)24(32)39)18-9-22(26(29,30)31)36-23-16(18)4-3-5-21(23)37-12-20(34-13-37)15-10-35-38(11-15)25(27)28/h3-13,25,33H,2H2,1H3,(H2,32,39). The second-order valence-corrected chi connectivity index (χ2v) is 8.53. The van der Waals surface area contributed by atoms with Crippen LogP contribution < -0.4 is 11.1 Å². The van der Waals surface area contributed by atoms with E-state index in [2.05, 4.69) is 20.4 Å². The van der Waals surface area contributed by atoms with Gasteiger partial charge in [-0.1, -0.05) is 18.2 Å². The van der Waals surface area contributed by atoms with Crippen LogP contribution in [0.1, 0.15) is 29.5 Å². The van der Waals surface area contributed by atoms with Gasteiger partial charge in [-0.05, 0) is 42.3 Å². The molecule has 0 bridgehead atoms. The van der Waals surface area contributed by atoms with Crippen LogP contribution in [0.2, 0.25) is 0 Å². The Morgan fingerprint density at radius 2 is 1.90 bits per heavy atom. The minimum Gasteiger partial charge on any atom is -0.385 e. The molecule has 0 aliphatic heterocycles. The third-order valence-electron chi connectivity index (χ3n) is 6.03. The van der Waals surface area contributed by atoms with Crippen LogP contribution in [0.25, 0.3) is 39.0 Å². The number of benzene rings is 2. The molecule has 0 spiro atoms. The predicted octanol–water partition coefficient (Wildman–Crippen LogP) is 5.90. The van der Waals surface area contributed by atoms with E-state index in [9.17, 15) is 26.7 Å². The maximum absolute atomic E-state index is 14.0. The molecule has 3 heterocycles. The third kappa shape index (κ3) is 4.90. The molecule has 3 N–H and O–H groups in total. The van der Waals surface area contributed by atoms with Gasteiger partial charge in [0.15, 0.2) is 0 Å². The first-order chi connectivity index (χ1) is 18.6. The fourth-order valence-electron chi connectivity index (χ4n) is 4.27. The molecule has 0 fully saturated rings. The van der Waals surface area contributed by atoms with E-state index in [0.29, 0.717) is 44.8 Å². The summed E-state index contributed by atoms with van der Waals surface area (Å²) in [6.45, 7) is -0.559. The van der Waals surface area contributed by atoms with Crippen molar-refractivity contribution in [1.29, 1.82) is 0 Å². The summed E-state index contributed by atoms with van der Waals surface area (Å²) in [6, 6.07) is 10.4. The highest BCUT2D eigenvalue weighted by Crippen LogP contribution is 2.38. The summed E-state index contributed by atoms with van der Waals surface area (Å²) in [7, 11) is 0. The SMILES string of the molecule is CCNc1cc(-c2cc(C(F)(F)F)nc3c(-n4cnc(-c5cnn(C(F)F)c5)c4)cccc23)ccc1C(N)=O. The van der Waals surface area contributed by atoms with Crippen LogP contribution >= 0.6 is 0 Å². The zero-order chi connectivity index (χ0) is 27.9. The molecule has 13 heteroatoms. The topological polar surface area (TPSA) is 104 Å². The number of para-hydroxylation sites is 1. The van der Waals surface area contributed by atoms with Crippen LogP contribution in [0.15, 0.2) is 67.4 Å². The minimum absolute atomic E-state index is 0.0403. The van der Waals surface area contributed by atoms with E-state index in [4.69, 9.17) is 5.73 Å². The van der Waals surface area contributed by atoms with Crippen molar-refractivity contribution in [3.05, 3.63) is 78.6 Å². The van der Waals surface area contributed by atoms with Crippen molar-refractivity contribution in [2.24, 2.45) is 5.73 Å². The molecule has 8 nitrogen and oxygen atoms in total. The summed E-state index contributed by atoms with van der Waals surface area (Å²) < 4.78 is 69.7. The number of primary amides is 1. The summed E-state index contributed by atoms with van der Waals surface area (Å²) in [5, 5.41) is 7.02. The fraction of sp³-hybridized carbons (Fsp3) is 0.154. The van der Waals surface area contributed by atoms with Crippen molar-refractivity contribution in [2.45, 2.75) is 19.6 Å². The Kier molecular flexibility index (Phi) is 6.50. The van der Waals surface area contributed by atoms with E-state index < -0.39 is 24.3 Å². The van der Waals surface area contributed by atoms with Crippen molar-refractivity contribution < 1.29 is 26.7 Å². The number of alkyl halides is 5. The van der Waals surface area contributed by atoms with E-state index in [1.165, 1.54) is 35.4 Å². The van der Waals surface area contributed by atoms with E-state index in [0.717, 1.165) is 12.3 Å². The van der Waals surface area contributed by atoms with Gasteiger partial charge >= 0.3 is 12.7 Å². The first-order valence-corrected chi connectivity index (χ1v) is 11.6. The molecule has 39 heavy (non-hydrogen) atoms. The van der Waals surface area contributed by atoms with Crippen molar-refractivity contribution >= 4 is 22.5 Å². The average molecular weight is 541 g/mol. The molecule has 2 aromatic carbocycles. The molecule has 0 atom stereocenters. The van der Waals surface area contributed by atoms with Crippen LogP contribution in [0, 0.1) is 0 Å². The number of anilines is 1. The zero-order valence-corrected chi connectivity index (χ0v) is 20.2. The number of aromatic nitrogens is 5. The van der Waals surface area contributed by atoms with Crippen molar-refractivity contribution in [2.75, 3.05) is 11.9 Å². The van der Waals surface area contributed by atoms with Gasteiger partial charge in [0.1, 0.15) is 5.69 Å². The van der Waals surface area contributed by atoms with E-state index in [-0.39, 0.29) is 16.6 Å². The first-order valence-electron chi connectivity index (χ1n) is 11.6. The molecule has 0 radical (unpaired) electrons. The molecule has 5 aromatic rings. The van der Waals surface area contributed by atoms with E-state index >= 15 is 0 Å². The van der Waals surface area contributed by atoms with Crippen molar-refractivity contribution in [1.82, 2.24) is 24.3 Å². The van der Waals surface area contributed by atoms with Gasteiger partial charge in [0, 0.05) is 35.6 Å². The highest BCUT2D eigenvalue weighted by atomic mass is 19.4. The van der Waals surface area contributed by atoms with Gasteiger partial charge in [0.05, 0.1) is 35.0 Å². The molecule has 0 aliphatic rings. The third-order valence-corrected chi connectivity index (χ3v) is 6.03. The number of imidazole rings is 1. The number of nitrogens with one attached hydrogen (secondary N) is 1. The van der Waals surface area contributed by atoms with Crippen LogP contribution in [0.3, 0.4) is 0 Å². The van der Waals surface area contributed by atoms with Gasteiger partial charge in [-0.15, -0.1) is 0 Å². The van der Waals surface area contributed by atoms with E-state index in [1.54, 1.807) is 24.3 Å². The lowest BCUT2D eigenvalue weighted by Crippen LogP contribution is -2.14. The molecule has 5 rings (SSSR count). The fourth-order valence-corrected chi connectivity index (χ4v) is 4.27. The second-order valence-electron chi connectivity index (χ2n) is 8.53. The Bertz CT molecular complexity index is 1690. The number of nitrogens with two attached hydrogens (primary N) is 1. The number of amides is 1. The van der Waals surface area contributed by atoms with Crippen LogP contribution in [0.5, 0.6) is 0 Å². The highest BCUT2D eigenvalue weighted by Gasteiger charge is 2.34. The summed E-state index contributed by atoms with van der Waals surface area (Å²) in [5.74, 6) is -0.676. The summed E-state index contributed by atoms with van der Waals surface area (Å²) in [4.78, 5) is 20.0. The number of nitrogens with zero attached hydrogens (tertiary/aromatic N) is 5. The van der Waals surface area contributed by atoms with Crippen LogP contribution in [0.4, 0.5) is 27.6 Å². The number of halogens is 5. The Morgan fingerprint density at radius 3 is 2.56 bits per heavy atom. The molecule has 0 aliphatic carbocycles.